The van der Waals surface area contributed by atoms with Crippen LogP contribution in [0.1, 0.15) is 35.2 Å². The Balaban J connectivity index is 1.78. The molecule has 2 unspecified atom stereocenters. The largest absolute Gasteiger partial charge is 0.347 e. The zero-order chi connectivity index (χ0) is 16.7. The van der Waals surface area contributed by atoms with Gasteiger partial charge in [-0.05, 0) is 42.2 Å². The molecule has 0 fully saturated rings. The molecule has 0 saturated heterocycles. The Kier molecular flexibility index (Phi) is 3.94. The quantitative estimate of drug-likeness (QED) is 0.697. The van der Waals surface area contributed by atoms with Gasteiger partial charge in [0.15, 0.2) is 0 Å². The van der Waals surface area contributed by atoms with Gasteiger partial charge in [0.2, 0.25) is 5.95 Å². The molecule has 2 heterocycles. The van der Waals surface area contributed by atoms with Gasteiger partial charge in [0, 0.05) is 10.0 Å². The fourth-order valence-electron chi connectivity index (χ4n) is 3.33. The van der Waals surface area contributed by atoms with Gasteiger partial charge >= 0.3 is 0 Å². The van der Waals surface area contributed by atoms with Crippen LogP contribution in [0.3, 0.4) is 0 Å². The van der Waals surface area contributed by atoms with E-state index in [9.17, 15) is 0 Å². The van der Waals surface area contributed by atoms with Gasteiger partial charge in [-0.25, -0.2) is 4.68 Å². The summed E-state index contributed by atoms with van der Waals surface area (Å²) in [6.07, 6.45) is 2.42. The van der Waals surface area contributed by atoms with Crippen LogP contribution in [-0.2, 0) is 0 Å². The highest BCUT2D eigenvalue weighted by Crippen LogP contribution is 2.40. The molecule has 0 bridgehead atoms. The van der Waals surface area contributed by atoms with Gasteiger partial charge in [-0.3, -0.25) is 0 Å². The van der Waals surface area contributed by atoms with Crippen LogP contribution in [0.25, 0.3) is 0 Å². The lowest BCUT2D eigenvalue weighted by atomic mass is 9.91. The molecule has 1 aliphatic rings. The number of aromatic nitrogens is 3. The summed E-state index contributed by atoms with van der Waals surface area (Å²) >= 11 is 12.5. The van der Waals surface area contributed by atoms with Crippen molar-refractivity contribution in [2.24, 2.45) is 0 Å². The highest BCUT2D eigenvalue weighted by Gasteiger charge is 2.31. The minimum absolute atomic E-state index is 0.0519. The van der Waals surface area contributed by atoms with Crippen LogP contribution in [0.2, 0.25) is 10.0 Å². The molecule has 0 spiro atoms. The Hall–Kier alpha value is -2.04. The van der Waals surface area contributed by atoms with E-state index < -0.39 is 0 Å². The second-order valence-corrected chi connectivity index (χ2v) is 6.84. The SMILES string of the molecule is Cc1ccccc1C1CC(c2ccc(Cl)cc2Cl)Nc2ncnn21. The highest BCUT2D eigenvalue weighted by molar-refractivity contribution is 6.35. The molecule has 0 saturated carbocycles. The van der Waals surface area contributed by atoms with Crippen LogP contribution in [0.15, 0.2) is 48.8 Å². The van der Waals surface area contributed by atoms with Crippen LogP contribution < -0.4 is 5.32 Å². The normalized spacial score (nSPS) is 19.6. The fraction of sp³-hybridized carbons (Fsp3) is 0.222. The second-order valence-electron chi connectivity index (χ2n) is 6.00. The summed E-state index contributed by atoms with van der Waals surface area (Å²) in [5.74, 6) is 0.755. The third-order valence-corrected chi connectivity index (χ3v) is 5.08. The molecule has 1 aliphatic heterocycles. The summed E-state index contributed by atoms with van der Waals surface area (Å²) in [6, 6.07) is 14.2. The first-order chi connectivity index (χ1) is 11.6. The molecule has 0 aliphatic carbocycles. The van der Waals surface area contributed by atoms with E-state index in [2.05, 4.69) is 46.6 Å². The second kappa shape index (κ2) is 6.11. The van der Waals surface area contributed by atoms with Gasteiger partial charge in [-0.15, -0.1) is 0 Å². The molecule has 4 rings (SSSR count). The topological polar surface area (TPSA) is 42.7 Å². The van der Waals surface area contributed by atoms with E-state index >= 15 is 0 Å². The average Bonchev–Trinajstić information content (AvgIpc) is 3.03. The Labute approximate surface area is 150 Å². The molecular formula is C18H16Cl2N4. The molecule has 2 aromatic carbocycles. The van der Waals surface area contributed by atoms with E-state index in [1.807, 2.05) is 16.8 Å². The highest BCUT2D eigenvalue weighted by atomic mass is 35.5. The predicted molar refractivity (Wildman–Crippen MR) is 96.8 cm³/mol. The zero-order valence-corrected chi connectivity index (χ0v) is 14.6. The summed E-state index contributed by atoms with van der Waals surface area (Å²) < 4.78 is 1.95. The van der Waals surface area contributed by atoms with Crippen molar-refractivity contribution in [3.63, 3.8) is 0 Å². The molecule has 6 heteroatoms. The van der Waals surface area contributed by atoms with Crippen LogP contribution >= 0.6 is 23.2 Å². The van der Waals surface area contributed by atoms with E-state index in [1.54, 1.807) is 12.4 Å². The van der Waals surface area contributed by atoms with Crippen LogP contribution in [0.4, 0.5) is 5.95 Å². The maximum atomic E-state index is 6.42. The maximum Gasteiger partial charge on any atom is 0.222 e. The molecule has 0 radical (unpaired) electrons. The Bertz CT molecular complexity index is 890. The zero-order valence-electron chi connectivity index (χ0n) is 13.1. The fourth-order valence-corrected chi connectivity index (χ4v) is 3.87. The molecule has 4 nitrogen and oxygen atoms in total. The van der Waals surface area contributed by atoms with Crippen molar-refractivity contribution in [3.8, 4) is 0 Å². The average molecular weight is 359 g/mol. The number of nitrogens with zero attached hydrogens (tertiary/aromatic N) is 3. The number of hydrogen-bond donors (Lipinski definition) is 1. The molecule has 1 aromatic heterocycles. The summed E-state index contributed by atoms with van der Waals surface area (Å²) in [5, 5.41) is 9.14. The first-order valence-electron chi connectivity index (χ1n) is 7.80. The first kappa shape index (κ1) is 15.5. The van der Waals surface area contributed by atoms with E-state index in [-0.39, 0.29) is 12.1 Å². The number of rotatable bonds is 2. The number of benzene rings is 2. The number of nitrogens with one attached hydrogen (secondary N) is 1. The van der Waals surface area contributed by atoms with Crippen molar-refractivity contribution in [3.05, 3.63) is 75.5 Å². The van der Waals surface area contributed by atoms with Gasteiger partial charge in [0.1, 0.15) is 6.33 Å². The van der Waals surface area contributed by atoms with Crippen molar-refractivity contribution in [2.75, 3.05) is 5.32 Å². The summed E-state index contributed by atoms with van der Waals surface area (Å²) in [6.45, 7) is 2.12. The lowest BCUT2D eigenvalue weighted by Gasteiger charge is -2.32. The molecule has 122 valence electrons. The van der Waals surface area contributed by atoms with Crippen LogP contribution in [-0.4, -0.2) is 14.8 Å². The smallest absolute Gasteiger partial charge is 0.222 e. The van der Waals surface area contributed by atoms with E-state index in [0.717, 1.165) is 17.9 Å². The molecular weight excluding hydrogens is 343 g/mol. The monoisotopic (exact) mass is 358 g/mol. The molecule has 1 N–H and O–H groups in total. The molecule has 2 atom stereocenters. The minimum Gasteiger partial charge on any atom is -0.347 e. The number of hydrogen-bond acceptors (Lipinski definition) is 3. The lowest BCUT2D eigenvalue weighted by molar-refractivity contribution is 0.429. The van der Waals surface area contributed by atoms with E-state index in [1.165, 1.54) is 11.1 Å². The minimum atomic E-state index is 0.0519. The Morgan fingerprint density at radius 3 is 2.75 bits per heavy atom. The van der Waals surface area contributed by atoms with Gasteiger partial charge in [0.05, 0.1) is 12.1 Å². The summed E-state index contributed by atoms with van der Waals surface area (Å²) in [5.41, 5.74) is 3.52. The van der Waals surface area contributed by atoms with Gasteiger partial charge < -0.3 is 5.32 Å². The standard InChI is InChI=1S/C18H16Cl2N4/c1-11-4-2-3-5-13(11)17-9-16(23-18-21-10-22-24(17)18)14-7-6-12(19)8-15(14)20/h2-8,10,16-17H,9H2,1H3,(H,21,22,23). The number of anilines is 1. The number of fused-ring (bicyclic) bond motifs is 1. The number of halogens is 2. The Morgan fingerprint density at radius 1 is 1.12 bits per heavy atom. The lowest BCUT2D eigenvalue weighted by Crippen LogP contribution is -2.28. The van der Waals surface area contributed by atoms with Crippen molar-refractivity contribution < 1.29 is 0 Å². The van der Waals surface area contributed by atoms with Gasteiger partial charge in [-0.1, -0.05) is 53.5 Å². The Morgan fingerprint density at radius 2 is 1.96 bits per heavy atom. The van der Waals surface area contributed by atoms with Gasteiger partial charge in [0.25, 0.3) is 0 Å². The van der Waals surface area contributed by atoms with Crippen LogP contribution in [0.5, 0.6) is 0 Å². The third kappa shape index (κ3) is 2.66. The molecule has 3 aromatic rings. The predicted octanol–water partition coefficient (Wildman–Crippen LogP) is 5.04. The first-order valence-corrected chi connectivity index (χ1v) is 8.55. The molecule has 0 amide bonds. The van der Waals surface area contributed by atoms with Gasteiger partial charge in [-0.2, -0.15) is 10.1 Å². The van der Waals surface area contributed by atoms with E-state index in [4.69, 9.17) is 23.2 Å². The maximum absolute atomic E-state index is 6.42. The van der Waals surface area contributed by atoms with Crippen molar-refractivity contribution in [2.45, 2.75) is 25.4 Å². The summed E-state index contributed by atoms with van der Waals surface area (Å²) in [7, 11) is 0. The van der Waals surface area contributed by atoms with Crippen LogP contribution in [0, 0.1) is 6.92 Å². The van der Waals surface area contributed by atoms with Crippen molar-refractivity contribution in [1.29, 1.82) is 0 Å². The summed E-state index contributed by atoms with van der Waals surface area (Å²) in [4.78, 5) is 4.36. The van der Waals surface area contributed by atoms with E-state index in [0.29, 0.717) is 10.0 Å². The number of aryl methyl sites for hydroxylation is 1. The van der Waals surface area contributed by atoms with Crippen molar-refractivity contribution in [1.82, 2.24) is 14.8 Å². The van der Waals surface area contributed by atoms with Crippen molar-refractivity contribution >= 4 is 29.2 Å². The molecule has 24 heavy (non-hydrogen) atoms. The third-order valence-electron chi connectivity index (χ3n) is 4.52.